The topological polar surface area (TPSA) is 46.8 Å². The highest BCUT2D eigenvalue weighted by molar-refractivity contribution is 6.35. The molecule has 1 aromatic heterocycles. The Morgan fingerprint density at radius 1 is 1.25 bits per heavy atom. The number of rotatable bonds is 5. The Kier molecular flexibility index (Phi) is 6.01. The molecule has 0 unspecified atom stereocenters. The second-order valence-corrected chi connectivity index (χ2v) is 7.96. The van der Waals surface area contributed by atoms with Crippen LogP contribution in [0.5, 0.6) is 0 Å². The predicted molar refractivity (Wildman–Crippen MR) is 99.2 cm³/mol. The Labute approximate surface area is 153 Å². The van der Waals surface area contributed by atoms with Gasteiger partial charge in [-0.1, -0.05) is 62.2 Å². The first kappa shape index (κ1) is 18.9. The maximum Gasteiger partial charge on any atom is 0.165 e. The van der Waals surface area contributed by atoms with Crippen LogP contribution < -0.4 is 0 Å². The van der Waals surface area contributed by atoms with Crippen molar-refractivity contribution in [3.63, 3.8) is 0 Å². The Balaban J connectivity index is 2.37. The minimum atomic E-state index is -0.0636. The van der Waals surface area contributed by atoms with Crippen LogP contribution in [-0.2, 0) is 6.54 Å². The largest absolute Gasteiger partial charge is 0.302 e. The molecule has 1 heterocycles. The van der Waals surface area contributed by atoms with Crippen molar-refractivity contribution in [3.05, 3.63) is 45.7 Å². The fourth-order valence-corrected chi connectivity index (χ4v) is 2.86. The van der Waals surface area contributed by atoms with Crippen LogP contribution in [0.1, 0.15) is 38.2 Å². The SMILES string of the molecule is CN(C)Cc1nnnn1[C@H](/C=C/c1ccc(Cl)cc1Cl)C(C)(C)C. The molecular weight excluding hydrogens is 345 g/mol. The van der Waals surface area contributed by atoms with Crippen molar-refractivity contribution in [1.29, 1.82) is 0 Å². The van der Waals surface area contributed by atoms with Crippen LogP contribution in [0.25, 0.3) is 6.08 Å². The molecule has 5 nitrogen and oxygen atoms in total. The molecule has 1 atom stereocenters. The normalized spacial score (nSPS) is 13.8. The number of tetrazole rings is 1. The molecule has 0 amide bonds. The van der Waals surface area contributed by atoms with Gasteiger partial charge in [-0.05, 0) is 47.6 Å². The van der Waals surface area contributed by atoms with E-state index < -0.39 is 0 Å². The van der Waals surface area contributed by atoms with Crippen LogP contribution in [0.3, 0.4) is 0 Å². The molecule has 24 heavy (non-hydrogen) atoms. The first-order chi connectivity index (χ1) is 11.2. The van der Waals surface area contributed by atoms with Crippen LogP contribution in [0, 0.1) is 5.41 Å². The van der Waals surface area contributed by atoms with Gasteiger partial charge in [0.05, 0.1) is 12.6 Å². The Bertz CT molecular complexity index is 716. The van der Waals surface area contributed by atoms with Gasteiger partial charge in [-0.25, -0.2) is 4.68 Å². The van der Waals surface area contributed by atoms with Crippen LogP contribution in [0.4, 0.5) is 0 Å². The number of hydrogen-bond acceptors (Lipinski definition) is 4. The fourth-order valence-electron chi connectivity index (χ4n) is 2.38. The minimum Gasteiger partial charge on any atom is -0.302 e. The number of aromatic nitrogens is 4. The van der Waals surface area contributed by atoms with E-state index in [4.69, 9.17) is 23.2 Å². The first-order valence-corrected chi connectivity index (χ1v) is 8.49. The Morgan fingerprint density at radius 3 is 2.54 bits per heavy atom. The molecule has 0 aliphatic heterocycles. The van der Waals surface area contributed by atoms with Crippen LogP contribution >= 0.6 is 23.2 Å². The van der Waals surface area contributed by atoms with Crippen molar-refractivity contribution in [3.8, 4) is 0 Å². The van der Waals surface area contributed by atoms with Gasteiger partial charge in [0.1, 0.15) is 0 Å². The van der Waals surface area contributed by atoms with Crippen molar-refractivity contribution in [2.75, 3.05) is 14.1 Å². The van der Waals surface area contributed by atoms with Crippen LogP contribution in [-0.4, -0.2) is 39.2 Å². The standard InChI is InChI=1S/C17H23Cl2N5/c1-17(2,3)15(24-16(11-23(4)5)20-21-22-24)9-7-12-6-8-13(18)10-14(12)19/h6-10,15H,11H2,1-5H3/b9-7+/t15-/m1/s1. The molecular formula is C17H23Cl2N5. The molecule has 0 aliphatic carbocycles. The molecule has 2 rings (SSSR count). The summed E-state index contributed by atoms with van der Waals surface area (Å²) < 4.78 is 1.88. The third kappa shape index (κ3) is 4.79. The zero-order valence-electron chi connectivity index (χ0n) is 14.7. The van der Waals surface area contributed by atoms with E-state index in [1.54, 1.807) is 6.07 Å². The van der Waals surface area contributed by atoms with Gasteiger partial charge in [0.2, 0.25) is 0 Å². The lowest BCUT2D eigenvalue weighted by molar-refractivity contribution is 0.256. The number of halogens is 2. The maximum absolute atomic E-state index is 6.26. The fraction of sp³-hybridized carbons (Fsp3) is 0.471. The van der Waals surface area contributed by atoms with Gasteiger partial charge >= 0.3 is 0 Å². The molecule has 130 valence electrons. The monoisotopic (exact) mass is 367 g/mol. The lowest BCUT2D eigenvalue weighted by Gasteiger charge is -2.29. The van der Waals surface area contributed by atoms with Crippen molar-refractivity contribution < 1.29 is 0 Å². The highest BCUT2D eigenvalue weighted by Crippen LogP contribution is 2.33. The van der Waals surface area contributed by atoms with Crippen molar-refractivity contribution in [1.82, 2.24) is 25.1 Å². The predicted octanol–water partition coefficient (Wildman–Crippen LogP) is 4.34. The second-order valence-electron chi connectivity index (χ2n) is 7.11. The summed E-state index contributed by atoms with van der Waals surface area (Å²) in [6.07, 6.45) is 4.08. The second kappa shape index (κ2) is 7.64. The molecule has 0 fully saturated rings. The van der Waals surface area contributed by atoms with E-state index >= 15 is 0 Å². The smallest absolute Gasteiger partial charge is 0.165 e. The average Bonchev–Trinajstić information content (AvgIpc) is 2.87. The van der Waals surface area contributed by atoms with Gasteiger partial charge in [0.15, 0.2) is 5.82 Å². The van der Waals surface area contributed by atoms with Crippen molar-refractivity contribution in [2.24, 2.45) is 5.41 Å². The number of benzene rings is 1. The summed E-state index contributed by atoms with van der Waals surface area (Å²) in [4.78, 5) is 2.04. The number of nitrogens with zero attached hydrogens (tertiary/aromatic N) is 5. The molecule has 0 bridgehead atoms. The average molecular weight is 368 g/mol. The molecule has 0 saturated carbocycles. The molecule has 0 N–H and O–H groups in total. The van der Waals surface area contributed by atoms with Crippen LogP contribution in [0.15, 0.2) is 24.3 Å². The summed E-state index contributed by atoms with van der Waals surface area (Å²) in [7, 11) is 3.99. The Morgan fingerprint density at radius 2 is 1.96 bits per heavy atom. The number of hydrogen-bond donors (Lipinski definition) is 0. The molecule has 0 saturated heterocycles. The quantitative estimate of drug-likeness (QED) is 0.788. The molecule has 1 aromatic carbocycles. The van der Waals surface area contributed by atoms with E-state index in [1.165, 1.54) is 0 Å². The lowest BCUT2D eigenvalue weighted by Crippen LogP contribution is -2.27. The van der Waals surface area contributed by atoms with Crippen LogP contribution in [0.2, 0.25) is 10.0 Å². The van der Waals surface area contributed by atoms with E-state index in [1.807, 2.05) is 41.9 Å². The summed E-state index contributed by atoms with van der Waals surface area (Å²) in [6, 6.07) is 5.47. The third-order valence-electron chi connectivity index (χ3n) is 3.59. The van der Waals surface area contributed by atoms with E-state index in [2.05, 4.69) is 42.4 Å². The first-order valence-electron chi connectivity index (χ1n) is 7.73. The molecule has 0 aliphatic rings. The maximum atomic E-state index is 6.26. The molecule has 2 aromatic rings. The van der Waals surface area contributed by atoms with Gasteiger partial charge in [-0.15, -0.1) is 5.10 Å². The molecule has 0 spiro atoms. The summed E-state index contributed by atoms with van der Waals surface area (Å²) in [5, 5.41) is 13.5. The number of allylic oxidation sites excluding steroid dienone is 1. The Hall–Kier alpha value is -1.43. The van der Waals surface area contributed by atoms with E-state index in [9.17, 15) is 0 Å². The summed E-state index contributed by atoms with van der Waals surface area (Å²) in [5.41, 5.74) is 0.851. The highest BCUT2D eigenvalue weighted by atomic mass is 35.5. The highest BCUT2D eigenvalue weighted by Gasteiger charge is 2.27. The summed E-state index contributed by atoms with van der Waals surface area (Å²) >= 11 is 12.2. The van der Waals surface area contributed by atoms with Gasteiger partial charge in [0.25, 0.3) is 0 Å². The lowest BCUT2D eigenvalue weighted by atomic mass is 9.86. The molecule has 0 radical (unpaired) electrons. The van der Waals surface area contributed by atoms with E-state index in [0.717, 1.165) is 11.4 Å². The third-order valence-corrected chi connectivity index (χ3v) is 4.15. The van der Waals surface area contributed by atoms with Gasteiger partial charge < -0.3 is 4.90 Å². The van der Waals surface area contributed by atoms with E-state index in [-0.39, 0.29) is 11.5 Å². The molecule has 7 heteroatoms. The van der Waals surface area contributed by atoms with Gasteiger partial charge in [-0.3, -0.25) is 0 Å². The van der Waals surface area contributed by atoms with Crippen molar-refractivity contribution >= 4 is 29.3 Å². The summed E-state index contributed by atoms with van der Waals surface area (Å²) in [6.45, 7) is 7.15. The minimum absolute atomic E-state index is 0.00538. The summed E-state index contributed by atoms with van der Waals surface area (Å²) in [5.74, 6) is 0.826. The van der Waals surface area contributed by atoms with E-state index in [0.29, 0.717) is 16.6 Å². The van der Waals surface area contributed by atoms with Crippen molar-refractivity contribution in [2.45, 2.75) is 33.4 Å². The zero-order valence-corrected chi connectivity index (χ0v) is 16.2. The zero-order chi connectivity index (χ0) is 17.9. The van der Waals surface area contributed by atoms with Gasteiger partial charge in [-0.2, -0.15) is 0 Å². The van der Waals surface area contributed by atoms with Gasteiger partial charge in [0, 0.05) is 10.0 Å².